The highest BCUT2D eigenvalue weighted by molar-refractivity contribution is 6.00. The minimum Gasteiger partial charge on any atom is -0.472 e. The molecule has 1 saturated heterocycles. The summed E-state index contributed by atoms with van der Waals surface area (Å²) in [6, 6.07) is 7.66. The minimum atomic E-state index is -0.399. The lowest BCUT2D eigenvalue weighted by molar-refractivity contribution is 0.100. The number of hydrogen-bond acceptors (Lipinski definition) is 4. The monoisotopic (exact) mass is 271 g/mol. The van der Waals surface area contributed by atoms with Crippen LogP contribution in [0.25, 0.3) is 11.1 Å². The summed E-state index contributed by atoms with van der Waals surface area (Å²) in [4.78, 5) is 13.9. The minimum absolute atomic E-state index is 0.399. The highest BCUT2D eigenvalue weighted by Crippen LogP contribution is 2.28. The van der Waals surface area contributed by atoms with E-state index in [1.54, 1.807) is 12.5 Å². The van der Waals surface area contributed by atoms with Crippen LogP contribution in [0.2, 0.25) is 0 Å². The second-order valence-electron chi connectivity index (χ2n) is 4.85. The normalized spacial score (nSPS) is 15.3. The number of nitrogens with two attached hydrogens (primary N) is 1. The second-order valence-corrected chi connectivity index (χ2v) is 4.85. The molecule has 0 bridgehead atoms. The van der Waals surface area contributed by atoms with E-state index in [4.69, 9.17) is 10.2 Å². The molecule has 1 aliphatic rings. The zero-order chi connectivity index (χ0) is 13.9. The Labute approximate surface area is 117 Å². The van der Waals surface area contributed by atoms with Crippen molar-refractivity contribution in [3.05, 3.63) is 42.4 Å². The Balaban J connectivity index is 2.00. The Morgan fingerprint density at radius 1 is 1.20 bits per heavy atom. The molecule has 1 aliphatic heterocycles. The van der Waals surface area contributed by atoms with Crippen molar-refractivity contribution < 1.29 is 9.21 Å². The predicted molar refractivity (Wildman–Crippen MR) is 77.7 cm³/mol. The molecule has 3 rings (SSSR count). The number of piperazine rings is 1. The van der Waals surface area contributed by atoms with Crippen LogP contribution < -0.4 is 16.0 Å². The fourth-order valence-electron chi connectivity index (χ4n) is 2.52. The van der Waals surface area contributed by atoms with Gasteiger partial charge in [-0.25, -0.2) is 0 Å². The molecule has 1 amide bonds. The lowest BCUT2D eigenvalue weighted by Gasteiger charge is -2.30. The fourth-order valence-corrected chi connectivity index (χ4v) is 2.52. The van der Waals surface area contributed by atoms with Gasteiger partial charge in [-0.3, -0.25) is 4.79 Å². The first kappa shape index (κ1) is 12.7. The van der Waals surface area contributed by atoms with Crippen LogP contribution in [0.15, 0.2) is 41.2 Å². The fraction of sp³-hybridized carbons (Fsp3) is 0.267. The van der Waals surface area contributed by atoms with Gasteiger partial charge in [-0.05, 0) is 23.8 Å². The Bertz CT molecular complexity index is 602. The van der Waals surface area contributed by atoms with E-state index in [0.717, 1.165) is 43.0 Å². The molecule has 1 fully saturated rings. The van der Waals surface area contributed by atoms with Crippen molar-refractivity contribution in [3.8, 4) is 11.1 Å². The summed E-state index contributed by atoms with van der Waals surface area (Å²) >= 11 is 0. The predicted octanol–water partition coefficient (Wildman–Crippen LogP) is 1.46. The third-order valence-corrected chi connectivity index (χ3v) is 3.57. The molecule has 0 atom stereocenters. The van der Waals surface area contributed by atoms with Crippen LogP contribution in [0.4, 0.5) is 5.69 Å². The van der Waals surface area contributed by atoms with E-state index in [9.17, 15) is 4.79 Å². The molecular formula is C15H17N3O2. The van der Waals surface area contributed by atoms with Crippen LogP contribution in [0.5, 0.6) is 0 Å². The zero-order valence-corrected chi connectivity index (χ0v) is 11.1. The van der Waals surface area contributed by atoms with Gasteiger partial charge in [0, 0.05) is 37.4 Å². The number of carbonyl (C=O) groups excluding carboxylic acids is 1. The van der Waals surface area contributed by atoms with Crippen molar-refractivity contribution in [3.63, 3.8) is 0 Å². The number of nitrogens with one attached hydrogen (secondary N) is 1. The van der Waals surface area contributed by atoms with Gasteiger partial charge in [0.25, 0.3) is 5.91 Å². The third kappa shape index (κ3) is 2.40. The van der Waals surface area contributed by atoms with E-state index >= 15 is 0 Å². The van der Waals surface area contributed by atoms with Gasteiger partial charge in [-0.2, -0.15) is 0 Å². The van der Waals surface area contributed by atoms with Gasteiger partial charge in [-0.1, -0.05) is 6.07 Å². The number of amides is 1. The van der Waals surface area contributed by atoms with E-state index in [1.165, 1.54) is 0 Å². The van der Waals surface area contributed by atoms with Gasteiger partial charge in [0.15, 0.2) is 0 Å². The van der Waals surface area contributed by atoms with Crippen LogP contribution in [0.1, 0.15) is 10.4 Å². The van der Waals surface area contributed by atoms with E-state index in [1.807, 2.05) is 24.3 Å². The average Bonchev–Trinajstić information content (AvgIpc) is 3.02. The largest absolute Gasteiger partial charge is 0.472 e. The van der Waals surface area contributed by atoms with Crippen LogP contribution >= 0.6 is 0 Å². The highest BCUT2D eigenvalue weighted by Gasteiger charge is 2.17. The van der Waals surface area contributed by atoms with Crippen molar-refractivity contribution in [1.82, 2.24) is 5.32 Å². The molecule has 0 aliphatic carbocycles. The molecule has 104 valence electrons. The first-order valence-electron chi connectivity index (χ1n) is 6.68. The number of rotatable bonds is 3. The Kier molecular flexibility index (Phi) is 3.43. The van der Waals surface area contributed by atoms with Gasteiger partial charge < -0.3 is 20.4 Å². The molecule has 0 spiro atoms. The molecule has 20 heavy (non-hydrogen) atoms. The lowest BCUT2D eigenvalue weighted by atomic mass is 10.0. The van der Waals surface area contributed by atoms with E-state index in [0.29, 0.717) is 5.56 Å². The Hall–Kier alpha value is -2.27. The van der Waals surface area contributed by atoms with E-state index < -0.39 is 5.91 Å². The quantitative estimate of drug-likeness (QED) is 0.886. The van der Waals surface area contributed by atoms with Crippen molar-refractivity contribution >= 4 is 11.6 Å². The van der Waals surface area contributed by atoms with Gasteiger partial charge in [0.2, 0.25) is 0 Å². The summed E-state index contributed by atoms with van der Waals surface area (Å²) in [7, 11) is 0. The van der Waals surface area contributed by atoms with Gasteiger partial charge in [0.1, 0.15) is 0 Å². The first-order chi connectivity index (χ1) is 9.75. The van der Waals surface area contributed by atoms with Gasteiger partial charge >= 0.3 is 0 Å². The van der Waals surface area contributed by atoms with Crippen molar-refractivity contribution in [2.45, 2.75) is 0 Å². The topological polar surface area (TPSA) is 71.5 Å². The van der Waals surface area contributed by atoms with Crippen molar-refractivity contribution in [2.75, 3.05) is 31.1 Å². The molecule has 2 heterocycles. The van der Waals surface area contributed by atoms with Crippen LogP contribution in [0, 0.1) is 0 Å². The number of hydrogen-bond donors (Lipinski definition) is 2. The van der Waals surface area contributed by atoms with Crippen LogP contribution in [-0.2, 0) is 0 Å². The molecule has 1 aromatic heterocycles. The number of primary amides is 1. The molecule has 0 radical (unpaired) electrons. The van der Waals surface area contributed by atoms with Crippen LogP contribution in [0.3, 0.4) is 0 Å². The molecule has 3 N–H and O–H groups in total. The number of furan rings is 1. The number of carbonyl (C=O) groups is 1. The maximum Gasteiger partial charge on any atom is 0.250 e. The summed E-state index contributed by atoms with van der Waals surface area (Å²) < 4.78 is 5.08. The molecule has 0 saturated carbocycles. The molecule has 2 aromatic rings. The van der Waals surface area contributed by atoms with Crippen LogP contribution in [-0.4, -0.2) is 32.1 Å². The Morgan fingerprint density at radius 2 is 2.00 bits per heavy atom. The van der Waals surface area contributed by atoms with Gasteiger partial charge in [-0.15, -0.1) is 0 Å². The van der Waals surface area contributed by atoms with Gasteiger partial charge in [0.05, 0.1) is 18.1 Å². The first-order valence-corrected chi connectivity index (χ1v) is 6.68. The summed E-state index contributed by atoms with van der Waals surface area (Å²) in [6.07, 6.45) is 3.27. The van der Waals surface area contributed by atoms with Crippen molar-refractivity contribution in [2.24, 2.45) is 5.73 Å². The standard InChI is InChI=1S/C15H17N3O2/c16-15(19)13-9-11(12-3-8-20-10-12)1-2-14(13)18-6-4-17-5-7-18/h1-3,8-10,17H,4-7H2,(H2,16,19). The summed E-state index contributed by atoms with van der Waals surface area (Å²) in [5.74, 6) is -0.399. The number of nitrogens with zero attached hydrogens (tertiary/aromatic N) is 1. The maximum atomic E-state index is 11.7. The SMILES string of the molecule is NC(=O)c1cc(-c2ccoc2)ccc1N1CCNCC1. The second kappa shape index (κ2) is 5.38. The molecule has 5 nitrogen and oxygen atoms in total. The van der Waals surface area contributed by atoms with E-state index in [-0.39, 0.29) is 0 Å². The molecule has 1 aromatic carbocycles. The Morgan fingerprint density at radius 3 is 2.65 bits per heavy atom. The average molecular weight is 271 g/mol. The zero-order valence-electron chi connectivity index (χ0n) is 11.1. The summed E-state index contributed by atoms with van der Waals surface area (Å²) in [5, 5.41) is 3.30. The molecular weight excluding hydrogens is 254 g/mol. The van der Waals surface area contributed by atoms with E-state index in [2.05, 4.69) is 10.2 Å². The summed E-state index contributed by atoms with van der Waals surface area (Å²) in [6.45, 7) is 3.60. The molecule has 0 unspecified atom stereocenters. The van der Waals surface area contributed by atoms with Crippen molar-refractivity contribution in [1.29, 1.82) is 0 Å². The number of anilines is 1. The lowest BCUT2D eigenvalue weighted by Crippen LogP contribution is -2.44. The smallest absolute Gasteiger partial charge is 0.250 e. The number of benzene rings is 1. The molecule has 5 heteroatoms. The summed E-state index contributed by atoms with van der Waals surface area (Å²) in [5.41, 5.74) is 8.89. The third-order valence-electron chi connectivity index (χ3n) is 3.57. The maximum absolute atomic E-state index is 11.7. The highest BCUT2D eigenvalue weighted by atomic mass is 16.3.